The summed E-state index contributed by atoms with van der Waals surface area (Å²) in [5, 5.41) is 2.69. The molecule has 1 fully saturated rings. The lowest BCUT2D eigenvalue weighted by Gasteiger charge is -2.36. The third-order valence-electron chi connectivity index (χ3n) is 7.53. The highest BCUT2D eigenvalue weighted by molar-refractivity contribution is 6.03. The van der Waals surface area contributed by atoms with Crippen molar-refractivity contribution in [3.05, 3.63) is 166 Å². The minimum absolute atomic E-state index is 0.196. The number of carbonyl (C=O) groups excluding carboxylic acids is 1. The summed E-state index contributed by atoms with van der Waals surface area (Å²) in [7, 11) is 0. The first kappa shape index (κ1) is 27.3. The summed E-state index contributed by atoms with van der Waals surface area (Å²) in [4.78, 5) is 29.5. The molecule has 0 unspecified atom stereocenters. The van der Waals surface area contributed by atoms with E-state index >= 15 is 0 Å². The van der Waals surface area contributed by atoms with Crippen molar-refractivity contribution in [2.24, 2.45) is 0 Å². The third kappa shape index (κ3) is 5.65. The molecule has 1 N–H and O–H groups in total. The lowest BCUT2D eigenvalue weighted by molar-refractivity contribution is -0.0773. The molecule has 1 aliphatic heterocycles. The van der Waals surface area contributed by atoms with Gasteiger partial charge in [0, 0.05) is 11.8 Å². The van der Waals surface area contributed by atoms with Crippen molar-refractivity contribution in [3.8, 4) is 0 Å². The molecule has 1 amide bonds. The highest BCUT2D eigenvalue weighted by atomic mass is 16.6. The number of ether oxygens (including phenoxy) is 2. The van der Waals surface area contributed by atoms with Crippen LogP contribution < -0.4 is 11.0 Å². The predicted molar refractivity (Wildman–Crippen MR) is 161 cm³/mol. The van der Waals surface area contributed by atoms with Crippen LogP contribution in [0.4, 0.5) is 5.82 Å². The van der Waals surface area contributed by atoms with Gasteiger partial charge in [0.2, 0.25) is 0 Å². The van der Waals surface area contributed by atoms with Gasteiger partial charge in [-0.15, -0.1) is 0 Å². The van der Waals surface area contributed by atoms with E-state index in [0.29, 0.717) is 18.6 Å². The van der Waals surface area contributed by atoms with Gasteiger partial charge in [0.15, 0.2) is 0 Å². The van der Waals surface area contributed by atoms with Crippen molar-refractivity contribution < 1.29 is 14.3 Å². The van der Waals surface area contributed by atoms with Gasteiger partial charge in [-0.2, -0.15) is 4.98 Å². The van der Waals surface area contributed by atoms with Gasteiger partial charge in [-0.1, -0.05) is 109 Å². The van der Waals surface area contributed by atoms with E-state index < -0.39 is 17.5 Å². The number of rotatable bonds is 9. The summed E-state index contributed by atoms with van der Waals surface area (Å²) < 4.78 is 14.7. The summed E-state index contributed by atoms with van der Waals surface area (Å²) in [6, 6.07) is 41.0. The Bertz CT molecular complexity index is 1580. The molecule has 2 heterocycles. The highest BCUT2D eigenvalue weighted by Gasteiger charge is 2.39. The molecule has 2 atom stereocenters. The highest BCUT2D eigenvalue weighted by Crippen LogP contribution is 2.41. The first-order valence-corrected chi connectivity index (χ1v) is 14.0. The molecule has 7 heteroatoms. The Kier molecular flexibility index (Phi) is 8.03. The van der Waals surface area contributed by atoms with E-state index in [2.05, 4.69) is 46.7 Å². The Balaban J connectivity index is 1.20. The molecule has 1 saturated heterocycles. The molecule has 0 radical (unpaired) electrons. The van der Waals surface area contributed by atoms with Gasteiger partial charge in [0.25, 0.3) is 5.91 Å². The van der Waals surface area contributed by atoms with Crippen LogP contribution in [0.3, 0.4) is 0 Å². The molecule has 0 aliphatic carbocycles. The number of amides is 1. The largest absolute Gasteiger partial charge is 0.358 e. The second-order valence-electron chi connectivity index (χ2n) is 10.2. The fraction of sp³-hybridized carbons (Fsp3) is 0.171. The first-order valence-electron chi connectivity index (χ1n) is 14.0. The van der Waals surface area contributed by atoms with Crippen LogP contribution in [0.2, 0.25) is 0 Å². The standard InChI is InChI=1S/C35H31N3O4/c39-33(26-13-5-1-6-14-26)36-31-23-24-38(34(40)37-31)32-22-21-30(42-32)25-41-35(27-15-7-2-8-16-27,28-17-9-3-10-18-28)29-19-11-4-12-20-29/h1-20,23-24,30,32H,21-22,25H2,(H,36,37,39,40)/t30-,32-/m0/s1. The van der Waals surface area contributed by atoms with Crippen LogP contribution in [-0.2, 0) is 15.1 Å². The quantitative estimate of drug-likeness (QED) is 0.219. The van der Waals surface area contributed by atoms with Gasteiger partial charge < -0.3 is 14.8 Å². The number of benzene rings is 4. The topological polar surface area (TPSA) is 82.5 Å². The Morgan fingerprint density at radius 2 is 1.31 bits per heavy atom. The molecule has 4 aromatic carbocycles. The molecule has 210 valence electrons. The third-order valence-corrected chi connectivity index (χ3v) is 7.53. The second-order valence-corrected chi connectivity index (χ2v) is 10.2. The lowest BCUT2D eigenvalue weighted by Crippen LogP contribution is -2.36. The summed E-state index contributed by atoms with van der Waals surface area (Å²) in [6.45, 7) is 0.322. The summed E-state index contributed by atoms with van der Waals surface area (Å²) in [5.41, 5.74) is 2.21. The summed E-state index contributed by atoms with van der Waals surface area (Å²) in [5.74, 6) is -0.130. The monoisotopic (exact) mass is 557 g/mol. The van der Waals surface area contributed by atoms with Gasteiger partial charge >= 0.3 is 5.69 Å². The number of nitrogens with one attached hydrogen (secondary N) is 1. The fourth-order valence-electron chi connectivity index (χ4n) is 5.48. The van der Waals surface area contributed by atoms with E-state index in [4.69, 9.17) is 9.47 Å². The average Bonchev–Trinajstić information content (AvgIpc) is 3.52. The number of carbonyl (C=O) groups is 1. The molecule has 0 bridgehead atoms. The van der Waals surface area contributed by atoms with Crippen LogP contribution in [0.1, 0.15) is 46.1 Å². The second kappa shape index (κ2) is 12.3. The van der Waals surface area contributed by atoms with E-state index in [9.17, 15) is 9.59 Å². The molecule has 0 saturated carbocycles. The zero-order valence-corrected chi connectivity index (χ0v) is 23.0. The van der Waals surface area contributed by atoms with E-state index in [-0.39, 0.29) is 17.8 Å². The van der Waals surface area contributed by atoms with E-state index in [1.807, 2.05) is 60.7 Å². The molecule has 1 aromatic heterocycles. The molecule has 0 spiro atoms. The van der Waals surface area contributed by atoms with Gasteiger partial charge in [-0.05, 0) is 47.7 Å². The van der Waals surface area contributed by atoms with E-state index in [1.54, 1.807) is 36.5 Å². The Hall–Kier alpha value is -4.85. The van der Waals surface area contributed by atoms with Crippen LogP contribution >= 0.6 is 0 Å². The zero-order chi connectivity index (χ0) is 28.8. The first-order chi connectivity index (χ1) is 20.6. The van der Waals surface area contributed by atoms with Crippen LogP contribution in [0.25, 0.3) is 0 Å². The SMILES string of the molecule is O=C(Nc1ccn([C@@H]2CC[C@@H](COC(c3ccccc3)(c3ccccc3)c3ccccc3)O2)c(=O)n1)c1ccccc1. The smallest absolute Gasteiger partial charge is 0.351 e. The van der Waals surface area contributed by atoms with Crippen molar-refractivity contribution in [3.63, 3.8) is 0 Å². The molecule has 7 nitrogen and oxygen atoms in total. The van der Waals surface area contributed by atoms with Crippen molar-refractivity contribution in [1.29, 1.82) is 0 Å². The van der Waals surface area contributed by atoms with Crippen LogP contribution in [0.5, 0.6) is 0 Å². The maximum absolute atomic E-state index is 12.9. The fourth-order valence-corrected chi connectivity index (χ4v) is 5.48. The Labute approximate surface area is 244 Å². The molecule has 42 heavy (non-hydrogen) atoms. The maximum atomic E-state index is 12.9. The van der Waals surface area contributed by atoms with Crippen molar-refractivity contribution in [2.75, 3.05) is 11.9 Å². The molecular formula is C35H31N3O4. The van der Waals surface area contributed by atoms with Gasteiger partial charge in [0.1, 0.15) is 17.6 Å². The minimum Gasteiger partial charge on any atom is -0.358 e. The van der Waals surface area contributed by atoms with Gasteiger partial charge in [-0.3, -0.25) is 9.36 Å². The normalized spacial score (nSPS) is 16.7. The molecule has 6 rings (SSSR count). The predicted octanol–water partition coefficient (Wildman–Crippen LogP) is 6.18. The van der Waals surface area contributed by atoms with Crippen molar-refractivity contribution >= 4 is 11.7 Å². The number of hydrogen-bond acceptors (Lipinski definition) is 5. The van der Waals surface area contributed by atoms with Crippen LogP contribution in [-0.4, -0.2) is 28.2 Å². The van der Waals surface area contributed by atoms with Crippen molar-refractivity contribution in [1.82, 2.24) is 9.55 Å². The molecule has 1 aliphatic rings. The van der Waals surface area contributed by atoms with Gasteiger partial charge in [-0.25, -0.2) is 4.79 Å². The Morgan fingerprint density at radius 3 is 1.83 bits per heavy atom. The number of anilines is 1. The van der Waals surface area contributed by atoms with E-state index in [1.165, 1.54) is 4.57 Å². The lowest BCUT2D eigenvalue weighted by atomic mass is 9.80. The summed E-state index contributed by atoms with van der Waals surface area (Å²) >= 11 is 0. The maximum Gasteiger partial charge on any atom is 0.351 e. The number of aromatic nitrogens is 2. The number of hydrogen-bond donors (Lipinski definition) is 1. The Morgan fingerprint density at radius 1 is 0.786 bits per heavy atom. The van der Waals surface area contributed by atoms with E-state index in [0.717, 1.165) is 23.1 Å². The summed E-state index contributed by atoms with van der Waals surface area (Å²) in [6.07, 6.45) is 2.27. The van der Waals surface area contributed by atoms with Gasteiger partial charge in [0.05, 0.1) is 12.7 Å². The average molecular weight is 558 g/mol. The molecule has 5 aromatic rings. The number of nitrogens with zero attached hydrogens (tertiary/aromatic N) is 2. The molecular weight excluding hydrogens is 526 g/mol. The zero-order valence-electron chi connectivity index (χ0n) is 23.0. The van der Waals surface area contributed by atoms with Crippen LogP contribution in [0, 0.1) is 0 Å². The minimum atomic E-state index is -0.845. The van der Waals surface area contributed by atoms with Crippen LogP contribution in [0.15, 0.2) is 138 Å². The van der Waals surface area contributed by atoms with Crippen molar-refractivity contribution in [2.45, 2.75) is 30.8 Å².